The van der Waals surface area contributed by atoms with Crippen molar-refractivity contribution in [1.29, 1.82) is 0 Å². The second-order valence-corrected chi connectivity index (χ2v) is 2.78. The van der Waals surface area contributed by atoms with Crippen molar-refractivity contribution in [3.05, 3.63) is 23.3 Å². The molecule has 0 unspecified atom stereocenters. The van der Waals surface area contributed by atoms with E-state index in [1.807, 2.05) is 13.8 Å². The van der Waals surface area contributed by atoms with Gasteiger partial charge in [0.25, 0.3) is 0 Å². The standard InChI is InChI=1S/C9H14O.C2H6/c1-8-3-2-4-9(7-8)5-6-10;1-2/h4,7,10H,2-3,5-6H2,1H3;1-2H3. The third kappa shape index (κ3) is 4.35. The zero-order chi connectivity index (χ0) is 9.40. The highest BCUT2D eigenvalue weighted by atomic mass is 16.2. The van der Waals surface area contributed by atoms with Crippen LogP contribution in [0.2, 0.25) is 0 Å². The molecule has 0 atom stereocenters. The number of aliphatic hydroxyl groups is 1. The lowest BCUT2D eigenvalue weighted by Gasteiger charge is -2.08. The summed E-state index contributed by atoms with van der Waals surface area (Å²) in [6.45, 7) is 6.42. The third-order valence-corrected chi connectivity index (χ3v) is 1.78. The van der Waals surface area contributed by atoms with Crippen LogP contribution >= 0.6 is 0 Å². The average molecular weight is 168 g/mol. The van der Waals surface area contributed by atoms with Crippen molar-refractivity contribution >= 4 is 0 Å². The number of hydrogen-bond acceptors (Lipinski definition) is 1. The van der Waals surface area contributed by atoms with Gasteiger partial charge in [-0.05, 0) is 31.8 Å². The number of hydrogen-bond donors (Lipinski definition) is 1. The molecule has 1 heteroatoms. The molecule has 0 radical (unpaired) electrons. The maximum Gasteiger partial charge on any atom is 0.0471 e. The first-order chi connectivity index (χ1) is 5.83. The van der Waals surface area contributed by atoms with E-state index in [0.717, 1.165) is 12.8 Å². The van der Waals surface area contributed by atoms with E-state index in [4.69, 9.17) is 5.11 Å². The molecular weight excluding hydrogens is 148 g/mol. The summed E-state index contributed by atoms with van der Waals surface area (Å²) in [6, 6.07) is 0. The summed E-state index contributed by atoms with van der Waals surface area (Å²) < 4.78 is 0. The van der Waals surface area contributed by atoms with E-state index >= 15 is 0 Å². The maximum atomic E-state index is 8.63. The van der Waals surface area contributed by atoms with Crippen LogP contribution in [0.1, 0.15) is 40.0 Å². The van der Waals surface area contributed by atoms with Gasteiger partial charge >= 0.3 is 0 Å². The fraction of sp³-hybridized carbons (Fsp3) is 0.636. The second kappa shape index (κ2) is 7.11. The molecule has 0 bridgehead atoms. The summed E-state index contributed by atoms with van der Waals surface area (Å²) in [5.41, 5.74) is 2.73. The van der Waals surface area contributed by atoms with Crippen LogP contribution in [-0.4, -0.2) is 11.7 Å². The van der Waals surface area contributed by atoms with Gasteiger partial charge in [-0.1, -0.05) is 31.6 Å². The molecule has 0 heterocycles. The lowest BCUT2D eigenvalue weighted by Crippen LogP contribution is -1.92. The summed E-state index contributed by atoms with van der Waals surface area (Å²) in [5.74, 6) is 0. The Hall–Kier alpha value is -0.560. The van der Waals surface area contributed by atoms with Crippen LogP contribution in [0, 0.1) is 0 Å². The predicted molar refractivity (Wildman–Crippen MR) is 54.1 cm³/mol. The molecule has 1 rings (SSSR count). The Balaban J connectivity index is 0.000000561. The summed E-state index contributed by atoms with van der Waals surface area (Å²) in [7, 11) is 0. The van der Waals surface area contributed by atoms with Crippen molar-refractivity contribution in [2.45, 2.75) is 40.0 Å². The minimum atomic E-state index is 0.273. The number of rotatable bonds is 2. The topological polar surface area (TPSA) is 20.2 Å². The molecule has 0 spiro atoms. The highest BCUT2D eigenvalue weighted by Crippen LogP contribution is 2.18. The number of aliphatic hydroxyl groups excluding tert-OH is 1. The second-order valence-electron chi connectivity index (χ2n) is 2.78. The van der Waals surface area contributed by atoms with Crippen molar-refractivity contribution in [3.63, 3.8) is 0 Å². The quantitative estimate of drug-likeness (QED) is 0.672. The highest BCUT2D eigenvalue weighted by molar-refractivity contribution is 5.26. The molecular formula is C11H20O. The van der Waals surface area contributed by atoms with E-state index in [1.54, 1.807) is 0 Å². The highest BCUT2D eigenvalue weighted by Gasteiger charge is 1.99. The maximum absolute atomic E-state index is 8.63. The molecule has 1 aliphatic rings. The normalized spacial score (nSPS) is 15.7. The molecule has 1 N–H and O–H groups in total. The van der Waals surface area contributed by atoms with E-state index in [-0.39, 0.29) is 6.61 Å². The molecule has 0 aromatic rings. The molecule has 0 aliphatic heterocycles. The van der Waals surface area contributed by atoms with Crippen LogP contribution in [0.5, 0.6) is 0 Å². The first-order valence-corrected chi connectivity index (χ1v) is 4.80. The lowest BCUT2D eigenvalue weighted by molar-refractivity contribution is 0.300. The van der Waals surface area contributed by atoms with Crippen molar-refractivity contribution in [1.82, 2.24) is 0 Å². The minimum absolute atomic E-state index is 0.273. The van der Waals surface area contributed by atoms with Crippen LogP contribution < -0.4 is 0 Å². The molecule has 0 aromatic heterocycles. The molecule has 0 saturated carbocycles. The Morgan fingerprint density at radius 1 is 1.42 bits per heavy atom. The van der Waals surface area contributed by atoms with Crippen LogP contribution in [0.25, 0.3) is 0 Å². The van der Waals surface area contributed by atoms with E-state index in [1.165, 1.54) is 17.6 Å². The first kappa shape index (κ1) is 11.4. The minimum Gasteiger partial charge on any atom is -0.396 e. The smallest absolute Gasteiger partial charge is 0.0471 e. The van der Waals surface area contributed by atoms with Gasteiger partial charge in [0.05, 0.1) is 0 Å². The largest absolute Gasteiger partial charge is 0.396 e. The average Bonchev–Trinajstić information content (AvgIpc) is 2.09. The lowest BCUT2D eigenvalue weighted by atomic mass is 9.99. The molecule has 0 saturated heterocycles. The Labute approximate surface area is 75.8 Å². The van der Waals surface area contributed by atoms with Gasteiger partial charge in [-0.25, -0.2) is 0 Å². The van der Waals surface area contributed by atoms with Gasteiger partial charge in [0.2, 0.25) is 0 Å². The number of allylic oxidation sites excluding steroid dienone is 3. The SMILES string of the molecule is CC.CC1=CC(CCO)=CCC1. The molecule has 1 aliphatic carbocycles. The monoisotopic (exact) mass is 168 g/mol. The van der Waals surface area contributed by atoms with Crippen molar-refractivity contribution in [3.8, 4) is 0 Å². The van der Waals surface area contributed by atoms with Gasteiger partial charge in [0.1, 0.15) is 0 Å². The molecule has 12 heavy (non-hydrogen) atoms. The molecule has 0 fully saturated rings. The van der Waals surface area contributed by atoms with E-state index in [0.29, 0.717) is 0 Å². The molecule has 1 nitrogen and oxygen atoms in total. The molecule has 70 valence electrons. The summed E-state index contributed by atoms with van der Waals surface area (Å²) in [6.07, 6.45) is 7.55. The van der Waals surface area contributed by atoms with E-state index in [9.17, 15) is 0 Å². The van der Waals surface area contributed by atoms with Crippen LogP contribution in [-0.2, 0) is 0 Å². The van der Waals surface area contributed by atoms with Crippen molar-refractivity contribution in [2.24, 2.45) is 0 Å². The van der Waals surface area contributed by atoms with Crippen molar-refractivity contribution in [2.75, 3.05) is 6.61 Å². The van der Waals surface area contributed by atoms with Gasteiger partial charge < -0.3 is 5.11 Å². The van der Waals surface area contributed by atoms with Gasteiger partial charge in [0.15, 0.2) is 0 Å². The van der Waals surface area contributed by atoms with E-state index in [2.05, 4.69) is 19.1 Å². The van der Waals surface area contributed by atoms with Gasteiger partial charge in [-0.3, -0.25) is 0 Å². The summed E-state index contributed by atoms with van der Waals surface area (Å²) in [5, 5.41) is 8.63. The van der Waals surface area contributed by atoms with Gasteiger partial charge in [0, 0.05) is 6.61 Å². The molecule has 0 amide bonds. The first-order valence-electron chi connectivity index (χ1n) is 4.80. The third-order valence-electron chi connectivity index (χ3n) is 1.78. The fourth-order valence-corrected chi connectivity index (χ4v) is 1.24. The summed E-state index contributed by atoms with van der Waals surface area (Å²) >= 11 is 0. The fourth-order valence-electron chi connectivity index (χ4n) is 1.24. The zero-order valence-corrected chi connectivity index (χ0v) is 8.43. The summed E-state index contributed by atoms with van der Waals surface area (Å²) in [4.78, 5) is 0. The zero-order valence-electron chi connectivity index (χ0n) is 8.43. The Morgan fingerprint density at radius 3 is 2.58 bits per heavy atom. The van der Waals surface area contributed by atoms with Gasteiger partial charge in [-0.2, -0.15) is 0 Å². The molecule has 0 aromatic carbocycles. The Morgan fingerprint density at radius 2 is 2.08 bits per heavy atom. The predicted octanol–water partition coefficient (Wildman–Crippen LogP) is 3.06. The van der Waals surface area contributed by atoms with Gasteiger partial charge in [-0.15, -0.1) is 0 Å². The Bertz CT molecular complexity index is 166. The Kier molecular flexibility index (Phi) is 6.78. The van der Waals surface area contributed by atoms with E-state index < -0.39 is 0 Å². The van der Waals surface area contributed by atoms with Crippen LogP contribution in [0.15, 0.2) is 23.3 Å². The van der Waals surface area contributed by atoms with Crippen LogP contribution in [0.4, 0.5) is 0 Å². The van der Waals surface area contributed by atoms with Crippen molar-refractivity contribution < 1.29 is 5.11 Å². The van der Waals surface area contributed by atoms with Crippen LogP contribution in [0.3, 0.4) is 0 Å².